The molecule has 0 saturated heterocycles. The van der Waals surface area contributed by atoms with Crippen LogP contribution >= 0.6 is 0 Å². The molecule has 4 aliphatic rings. The molecule has 0 aromatic carbocycles. The molecule has 0 bridgehead atoms. The highest BCUT2D eigenvalue weighted by atomic mass is 16.6. The second-order valence-corrected chi connectivity index (χ2v) is 10.4. The number of esters is 1. The quantitative estimate of drug-likeness (QED) is 0.655. The van der Waals surface area contributed by atoms with E-state index in [1.54, 1.807) is 6.92 Å². The molecule has 3 fully saturated rings. The van der Waals surface area contributed by atoms with Gasteiger partial charge in [0.15, 0.2) is 17.2 Å². The summed E-state index contributed by atoms with van der Waals surface area (Å²) in [6.07, 6.45) is 7.30. The van der Waals surface area contributed by atoms with E-state index in [2.05, 4.69) is 20.8 Å². The van der Waals surface area contributed by atoms with E-state index >= 15 is 0 Å². The molecule has 4 aliphatic carbocycles. The highest BCUT2D eigenvalue weighted by molar-refractivity contribution is 5.91. The number of Topliss-reactive ketones (excluding diaryl/α,β-unsaturated/α-hetero) is 1. The SMILES string of the molecule is CC(=O)O[C@]1(C(C)=O)C[C@@H](C)[C@H]2[C@@H]3C[C@H](C)C4=CC(=O)CC[C@@H]4[C@H]3CC[C@@]21C. The van der Waals surface area contributed by atoms with Crippen molar-refractivity contribution >= 4 is 17.5 Å². The van der Waals surface area contributed by atoms with Crippen molar-refractivity contribution in [3.05, 3.63) is 11.6 Å². The monoisotopic (exact) mass is 386 g/mol. The summed E-state index contributed by atoms with van der Waals surface area (Å²) in [4.78, 5) is 36.9. The Labute approximate surface area is 168 Å². The standard InChI is InChI=1S/C24H34O4/c1-13-10-21-19(18-7-6-17(27)11-20(13)18)8-9-23(5)22(21)14(2)12-24(23,15(3)25)28-16(4)26/h11,13-14,18-19,21-22H,6-10,12H2,1-5H3/t13-,14+,18+,19+,21+,22-,23-,24-/m0/s1. The molecule has 0 aromatic heterocycles. The van der Waals surface area contributed by atoms with Gasteiger partial charge >= 0.3 is 5.97 Å². The third-order valence-electron chi connectivity index (χ3n) is 8.94. The smallest absolute Gasteiger partial charge is 0.303 e. The Balaban J connectivity index is 1.74. The maximum absolute atomic E-state index is 12.9. The molecular weight excluding hydrogens is 352 g/mol. The fourth-order valence-electron chi connectivity index (χ4n) is 8.11. The molecule has 0 heterocycles. The van der Waals surface area contributed by atoms with E-state index < -0.39 is 5.60 Å². The Kier molecular flexibility index (Phi) is 4.63. The molecule has 8 atom stereocenters. The lowest BCUT2D eigenvalue weighted by atomic mass is 9.48. The first-order valence-electron chi connectivity index (χ1n) is 11.1. The molecule has 0 unspecified atom stereocenters. The average molecular weight is 387 g/mol. The molecule has 0 N–H and O–H groups in total. The lowest BCUT2D eigenvalue weighted by Crippen LogP contribution is -2.58. The number of fused-ring (bicyclic) bond motifs is 5. The summed E-state index contributed by atoms with van der Waals surface area (Å²) in [6, 6.07) is 0. The normalized spacial score (nSPS) is 47.5. The summed E-state index contributed by atoms with van der Waals surface area (Å²) in [6.45, 7) is 9.76. The van der Waals surface area contributed by atoms with E-state index in [-0.39, 0.29) is 23.0 Å². The van der Waals surface area contributed by atoms with Crippen LogP contribution in [0.3, 0.4) is 0 Å². The average Bonchev–Trinajstić information content (AvgIpc) is 2.83. The summed E-state index contributed by atoms with van der Waals surface area (Å²) in [7, 11) is 0. The Morgan fingerprint density at radius 3 is 2.50 bits per heavy atom. The van der Waals surface area contributed by atoms with E-state index in [0.717, 1.165) is 25.7 Å². The topological polar surface area (TPSA) is 60.4 Å². The van der Waals surface area contributed by atoms with Gasteiger partial charge in [-0.05, 0) is 80.6 Å². The van der Waals surface area contributed by atoms with E-state index in [1.165, 1.54) is 12.5 Å². The van der Waals surface area contributed by atoms with E-state index in [0.29, 0.717) is 48.3 Å². The van der Waals surface area contributed by atoms with Crippen LogP contribution in [0.25, 0.3) is 0 Å². The Morgan fingerprint density at radius 1 is 1.14 bits per heavy atom. The molecule has 154 valence electrons. The van der Waals surface area contributed by atoms with Crippen LogP contribution in [0.1, 0.15) is 73.1 Å². The number of ketones is 2. The van der Waals surface area contributed by atoms with E-state index in [4.69, 9.17) is 4.74 Å². The Morgan fingerprint density at radius 2 is 1.86 bits per heavy atom. The van der Waals surface area contributed by atoms with Crippen LogP contribution in [0.4, 0.5) is 0 Å². The molecular formula is C24H34O4. The van der Waals surface area contributed by atoms with Crippen molar-refractivity contribution in [2.45, 2.75) is 78.7 Å². The van der Waals surface area contributed by atoms with Crippen molar-refractivity contribution in [3.63, 3.8) is 0 Å². The fourth-order valence-corrected chi connectivity index (χ4v) is 8.11. The molecule has 0 aliphatic heterocycles. The summed E-state index contributed by atoms with van der Waals surface area (Å²) in [5, 5.41) is 0. The van der Waals surface area contributed by atoms with Crippen molar-refractivity contribution in [3.8, 4) is 0 Å². The molecule has 3 saturated carbocycles. The molecule has 0 spiro atoms. The van der Waals surface area contributed by atoms with Gasteiger partial charge in [-0.25, -0.2) is 0 Å². The lowest BCUT2D eigenvalue weighted by molar-refractivity contribution is -0.186. The first-order chi connectivity index (χ1) is 13.1. The van der Waals surface area contributed by atoms with Gasteiger partial charge in [-0.1, -0.05) is 26.3 Å². The second kappa shape index (κ2) is 6.53. The molecule has 28 heavy (non-hydrogen) atoms. The van der Waals surface area contributed by atoms with Crippen molar-refractivity contribution in [2.75, 3.05) is 0 Å². The third-order valence-corrected chi connectivity index (χ3v) is 8.94. The molecule has 0 aromatic rings. The van der Waals surface area contributed by atoms with Crippen LogP contribution in [0.15, 0.2) is 11.6 Å². The Bertz CT molecular complexity index is 752. The number of carbonyl (C=O) groups is 3. The van der Waals surface area contributed by atoms with Crippen LogP contribution in [0, 0.1) is 40.9 Å². The summed E-state index contributed by atoms with van der Waals surface area (Å²) < 4.78 is 5.89. The third kappa shape index (κ3) is 2.59. The summed E-state index contributed by atoms with van der Waals surface area (Å²) in [5.74, 6) is 2.75. The van der Waals surface area contributed by atoms with Crippen molar-refractivity contribution in [2.24, 2.45) is 40.9 Å². The van der Waals surface area contributed by atoms with Crippen LogP contribution < -0.4 is 0 Å². The van der Waals surface area contributed by atoms with E-state index in [9.17, 15) is 14.4 Å². The number of rotatable bonds is 2. The zero-order valence-corrected chi connectivity index (χ0v) is 17.9. The molecule has 0 amide bonds. The fraction of sp³-hybridized carbons (Fsp3) is 0.792. The molecule has 4 nitrogen and oxygen atoms in total. The van der Waals surface area contributed by atoms with Gasteiger partial charge in [-0.2, -0.15) is 0 Å². The van der Waals surface area contributed by atoms with Crippen LogP contribution in [0.5, 0.6) is 0 Å². The number of allylic oxidation sites excluding steroid dienone is 1. The molecule has 4 heteroatoms. The molecule has 4 rings (SSSR count). The minimum absolute atomic E-state index is 0.00528. The molecule has 0 radical (unpaired) electrons. The lowest BCUT2D eigenvalue weighted by Gasteiger charge is -2.57. The minimum atomic E-state index is -0.976. The summed E-state index contributed by atoms with van der Waals surface area (Å²) in [5.41, 5.74) is 0.108. The van der Waals surface area contributed by atoms with Crippen molar-refractivity contribution in [1.29, 1.82) is 0 Å². The zero-order chi connectivity index (χ0) is 20.4. The highest BCUT2D eigenvalue weighted by Crippen LogP contribution is 2.68. The van der Waals surface area contributed by atoms with Gasteiger partial charge in [0.05, 0.1) is 0 Å². The maximum atomic E-state index is 12.9. The van der Waals surface area contributed by atoms with Gasteiger partial charge < -0.3 is 4.74 Å². The van der Waals surface area contributed by atoms with Crippen molar-refractivity contribution < 1.29 is 19.1 Å². The van der Waals surface area contributed by atoms with Gasteiger partial charge in [0.25, 0.3) is 0 Å². The van der Waals surface area contributed by atoms with Crippen LogP contribution in [-0.4, -0.2) is 23.1 Å². The van der Waals surface area contributed by atoms with Crippen molar-refractivity contribution in [1.82, 2.24) is 0 Å². The number of hydrogen-bond donors (Lipinski definition) is 0. The number of ether oxygens (including phenoxy) is 1. The van der Waals surface area contributed by atoms with E-state index in [1.807, 2.05) is 6.08 Å². The predicted octanol–water partition coefficient (Wildman–Crippen LogP) is 4.51. The van der Waals surface area contributed by atoms with Crippen LogP contribution in [-0.2, 0) is 19.1 Å². The van der Waals surface area contributed by atoms with Gasteiger partial charge in [0.2, 0.25) is 0 Å². The number of carbonyl (C=O) groups excluding carboxylic acids is 3. The van der Waals surface area contributed by atoms with Gasteiger partial charge in [-0.15, -0.1) is 0 Å². The predicted molar refractivity (Wildman–Crippen MR) is 106 cm³/mol. The first kappa shape index (κ1) is 19.8. The number of hydrogen-bond acceptors (Lipinski definition) is 4. The first-order valence-corrected chi connectivity index (χ1v) is 11.1. The van der Waals surface area contributed by atoms with Gasteiger partial charge in [-0.3, -0.25) is 14.4 Å². The highest BCUT2D eigenvalue weighted by Gasteiger charge is 2.69. The largest absolute Gasteiger partial charge is 0.451 e. The van der Waals surface area contributed by atoms with Gasteiger partial charge in [0, 0.05) is 18.8 Å². The van der Waals surface area contributed by atoms with Gasteiger partial charge in [0.1, 0.15) is 0 Å². The second-order valence-electron chi connectivity index (χ2n) is 10.4. The minimum Gasteiger partial charge on any atom is -0.451 e. The maximum Gasteiger partial charge on any atom is 0.303 e. The summed E-state index contributed by atoms with van der Waals surface area (Å²) >= 11 is 0. The Hall–Kier alpha value is -1.45. The van der Waals surface area contributed by atoms with Crippen LogP contribution in [0.2, 0.25) is 0 Å². The zero-order valence-electron chi connectivity index (χ0n) is 17.9.